The van der Waals surface area contributed by atoms with Crippen LogP contribution in [0.3, 0.4) is 0 Å². The van der Waals surface area contributed by atoms with E-state index in [-0.39, 0.29) is 18.0 Å². The molecule has 1 aliphatic heterocycles. The van der Waals surface area contributed by atoms with Crippen LogP contribution in [0.15, 0.2) is 17.0 Å². The van der Waals surface area contributed by atoms with Crippen LogP contribution in [0.25, 0.3) is 0 Å². The molecule has 5 nitrogen and oxygen atoms in total. The topological polar surface area (TPSA) is 74.7 Å². The van der Waals surface area contributed by atoms with Gasteiger partial charge in [-0.15, -0.1) is 0 Å². The van der Waals surface area contributed by atoms with Crippen molar-refractivity contribution in [1.29, 1.82) is 0 Å². The van der Waals surface area contributed by atoms with Crippen LogP contribution in [0.5, 0.6) is 0 Å². The van der Waals surface area contributed by atoms with E-state index in [0.29, 0.717) is 22.6 Å². The molecule has 0 radical (unpaired) electrons. The van der Waals surface area contributed by atoms with E-state index >= 15 is 0 Å². The van der Waals surface area contributed by atoms with Crippen LogP contribution in [0.2, 0.25) is 5.02 Å². The molecule has 0 saturated heterocycles. The number of halogens is 1. The third kappa shape index (κ3) is 2.30. The predicted molar refractivity (Wildman–Crippen MR) is 66.7 cm³/mol. The average molecular weight is 290 g/mol. The van der Waals surface area contributed by atoms with Crippen molar-refractivity contribution in [2.45, 2.75) is 17.9 Å². The number of amides is 1. The Balaban J connectivity index is 2.56. The van der Waals surface area contributed by atoms with Crippen LogP contribution in [-0.4, -0.2) is 37.3 Å². The van der Waals surface area contributed by atoms with Crippen molar-refractivity contribution >= 4 is 27.5 Å². The minimum absolute atomic E-state index is 0.132. The van der Waals surface area contributed by atoms with Gasteiger partial charge in [0.05, 0.1) is 11.4 Å². The Morgan fingerprint density at radius 1 is 1.39 bits per heavy atom. The van der Waals surface area contributed by atoms with Crippen LogP contribution in [0, 0.1) is 0 Å². The molecule has 98 valence electrons. The van der Waals surface area contributed by atoms with E-state index in [4.69, 9.17) is 16.7 Å². The highest BCUT2D eigenvalue weighted by Gasteiger charge is 2.26. The second kappa shape index (κ2) is 4.44. The van der Waals surface area contributed by atoms with Crippen LogP contribution in [0.1, 0.15) is 11.1 Å². The molecule has 2 rings (SSSR count). The summed E-state index contributed by atoms with van der Waals surface area (Å²) in [5.41, 5.74) is 1.23. The summed E-state index contributed by atoms with van der Waals surface area (Å²) in [6, 6.07) is 2.98. The molecular weight excluding hydrogens is 278 g/mol. The number of sulfone groups is 1. The summed E-state index contributed by atoms with van der Waals surface area (Å²) in [6.45, 7) is 0.415. The molecule has 0 spiro atoms. The number of carboxylic acid groups (broad SMARTS) is 1. The summed E-state index contributed by atoms with van der Waals surface area (Å²) in [5.74, 6) is 0. The number of benzene rings is 1. The van der Waals surface area contributed by atoms with E-state index in [1.54, 1.807) is 0 Å². The van der Waals surface area contributed by atoms with Crippen LogP contribution >= 0.6 is 11.6 Å². The summed E-state index contributed by atoms with van der Waals surface area (Å²) in [5, 5.41) is 9.35. The number of rotatable bonds is 1. The van der Waals surface area contributed by atoms with Gasteiger partial charge in [0.1, 0.15) is 0 Å². The summed E-state index contributed by atoms with van der Waals surface area (Å²) in [4.78, 5) is 12.4. The van der Waals surface area contributed by atoms with Gasteiger partial charge in [0.2, 0.25) is 0 Å². The Labute approximate surface area is 110 Å². The lowest BCUT2D eigenvalue weighted by molar-refractivity contribution is 0.139. The maximum atomic E-state index is 11.7. The van der Waals surface area contributed by atoms with Crippen molar-refractivity contribution in [2.75, 3.05) is 12.8 Å². The standard InChI is InChI=1S/C11H12ClNO4S/c1-18(16,17)10-3-2-9(12)8-6-13(11(14)15)5-4-7(8)10/h2-3H,4-6H2,1H3,(H,14,15). The molecule has 0 saturated carbocycles. The smallest absolute Gasteiger partial charge is 0.407 e. The molecular formula is C11H12ClNO4S. The van der Waals surface area contributed by atoms with Gasteiger partial charge in [0.15, 0.2) is 9.84 Å². The van der Waals surface area contributed by atoms with Crippen LogP contribution in [-0.2, 0) is 22.8 Å². The van der Waals surface area contributed by atoms with E-state index in [0.717, 1.165) is 6.26 Å². The molecule has 0 fully saturated rings. The summed E-state index contributed by atoms with van der Waals surface area (Å²) in [6.07, 6.45) is 0.478. The van der Waals surface area contributed by atoms with Gasteiger partial charge in [0, 0.05) is 17.8 Å². The van der Waals surface area contributed by atoms with E-state index in [9.17, 15) is 13.2 Å². The summed E-state index contributed by atoms with van der Waals surface area (Å²) >= 11 is 6.02. The second-order valence-corrected chi connectivity index (χ2v) is 6.62. The third-order valence-electron chi connectivity index (χ3n) is 2.98. The van der Waals surface area contributed by atoms with Gasteiger partial charge in [-0.3, -0.25) is 0 Å². The van der Waals surface area contributed by atoms with E-state index in [2.05, 4.69) is 0 Å². The highest BCUT2D eigenvalue weighted by atomic mass is 35.5. The monoisotopic (exact) mass is 289 g/mol. The Morgan fingerprint density at radius 3 is 2.61 bits per heavy atom. The number of fused-ring (bicyclic) bond motifs is 1. The van der Waals surface area contributed by atoms with Crippen molar-refractivity contribution in [3.8, 4) is 0 Å². The first-order valence-electron chi connectivity index (χ1n) is 5.29. The minimum atomic E-state index is -3.32. The lowest BCUT2D eigenvalue weighted by Gasteiger charge is -2.28. The highest BCUT2D eigenvalue weighted by Crippen LogP contribution is 2.31. The first-order valence-corrected chi connectivity index (χ1v) is 7.56. The van der Waals surface area contributed by atoms with E-state index in [1.807, 2.05) is 0 Å². The molecule has 1 aromatic rings. The van der Waals surface area contributed by atoms with Gasteiger partial charge >= 0.3 is 6.09 Å². The Kier molecular flexibility index (Phi) is 3.25. The Morgan fingerprint density at radius 2 is 2.06 bits per heavy atom. The largest absolute Gasteiger partial charge is 0.465 e. The first-order chi connectivity index (χ1) is 8.30. The van der Waals surface area contributed by atoms with E-state index in [1.165, 1.54) is 17.0 Å². The molecule has 1 heterocycles. The number of carbonyl (C=O) groups is 1. The van der Waals surface area contributed by atoms with Crippen molar-refractivity contribution in [3.63, 3.8) is 0 Å². The summed E-state index contributed by atoms with van der Waals surface area (Å²) in [7, 11) is -3.32. The SMILES string of the molecule is CS(=O)(=O)c1ccc(Cl)c2c1CCN(C(=O)O)C2. The molecule has 18 heavy (non-hydrogen) atoms. The van der Waals surface area contributed by atoms with Crippen molar-refractivity contribution in [3.05, 3.63) is 28.3 Å². The Hall–Kier alpha value is -1.27. The third-order valence-corrected chi connectivity index (χ3v) is 4.52. The van der Waals surface area contributed by atoms with Gasteiger partial charge in [-0.1, -0.05) is 11.6 Å². The lowest BCUT2D eigenvalue weighted by Crippen LogP contribution is -2.35. The van der Waals surface area contributed by atoms with Gasteiger partial charge < -0.3 is 10.0 Å². The van der Waals surface area contributed by atoms with Crippen molar-refractivity contribution in [2.24, 2.45) is 0 Å². The zero-order chi connectivity index (χ0) is 13.5. The fraction of sp³-hybridized carbons (Fsp3) is 0.364. The van der Waals surface area contributed by atoms with Crippen molar-refractivity contribution in [1.82, 2.24) is 4.90 Å². The normalized spacial score (nSPS) is 15.3. The average Bonchev–Trinajstić information content (AvgIpc) is 2.27. The summed E-state index contributed by atoms with van der Waals surface area (Å²) < 4.78 is 23.3. The Bertz CT molecular complexity index is 612. The number of hydrogen-bond donors (Lipinski definition) is 1. The first kappa shape index (κ1) is 13.2. The van der Waals surface area contributed by atoms with Crippen LogP contribution < -0.4 is 0 Å². The molecule has 1 N–H and O–H groups in total. The maximum absolute atomic E-state index is 11.7. The predicted octanol–water partition coefficient (Wildman–Crippen LogP) is 1.78. The number of nitrogens with zero attached hydrogens (tertiary/aromatic N) is 1. The van der Waals surface area contributed by atoms with Gasteiger partial charge in [-0.2, -0.15) is 0 Å². The highest BCUT2D eigenvalue weighted by molar-refractivity contribution is 7.90. The fourth-order valence-corrected chi connectivity index (χ4v) is 3.34. The quantitative estimate of drug-likeness (QED) is 0.855. The second-order valence-electron chi connectivity index (χ2n) is 4.23. The zero-order valence-corrected chi connectivity index (χ0v) is 11.3. The van der Waals surface area contributed by atoms with Gasteiger partial charge in [0.25, 0.3) is 0 Å². The molecule has 0 aromatic heterocycles. The molecule has 1 aromatic carbocycles. The fourth-order valence-electron chi connectivity index (χ4n) is 2.12. The molecule has 0 atom stereocenters. The molecule has 0 bridgehead atoms. The molecule has 0 unspecified atom stereocenters. The molecule has 1 aliphatic rings. The lowest BCUT2D eigenvalue weighted by atomic mass is 10.00. The minimum Gasteiger partial charge on any atom is -0.465 e. The molecule has 1 amide bonds. The van der Waals surface area contributed by atoms with E-state index < -0.39 is 15.9 Å². The van der Waals surface area contributed by atoms with Gasteiger partial charge in [-0.05, 0) is 29.7 Å². The molecule has 7 heteroatoms. The van der Waals surface area contributed by atoms with Crippen molar-refractivity contribution < 1.29 is 18.3 Å². The maximum Gasteiger partial charge on any atom is 0.407 e. The molecule has 0 aliphatic carbocycles. The van der Waals surface area contributed by atoms with Gasteiger partial charge in [-0.25, -0.2) is 13.2 Å². The number of hydrogen-bond acceptors (Lipinski definition) is 3. The van der Waals surface area contributed by atoms with Crippen LogP contribution in [0.4, 0.5) is 4.79 Å². The zero-order valence-electron chi connectivity index (χ0n) is 9.68.